The third kappa shape index (κ3) is 2.75. The fraction of sp³-hybridized carbons (Fsp3) is 0.625. The van der Waals surface area contributed by atoms with Crippen LogP contribution in [-0.4, -0.2) is 39.2 Å². The number of carbonyl (C=O) groups excluding carboxylic acids is 1. The summed E-state index contributed by atoms with van der Waals surface area (Å²) in [6.45, 7) is 5.08. The Morgan fingerprint density at radius 1 is 1.17 bits per heavy atom. The van der Waals surface area contributed by atoms with Crippen LogP contribution in [0, 0.1) is 13.8 Å². The van der Waals surface area contributed by atoms with E-state index in [0.29, 0.717) is 24.8 Å². The van der Waals surface area contributed by atoms with Gasteiger partial charge in [0.2, 0.25) is 11.8 Å². The first kappa shape index (κ1) is 14.4. The first-order chi connectivity index (χ1) is 11.1. The number of hydrogen-bond donors (Lipinski definition) is 0. The lowest BCUT2D eigenvalue weighted by molar-refractivity contribution is -0.129. The second-order valence-corrected chi connectivity index (χ2v) is 6.57. The average Bonchev–Trinajstić information content (AvgIpc) is 2.97. The van der Waals surface area contributed by atoms with Crippen molar-refractivity contribution in [2.45, 2.75) is 51.4 Å². The van der Waals surface area contributed by atoms with Crippen molar-refractivity contribution in [2.24, 2.45) is 0 Å². The van der Waals surface area contributed by atoms with Crippen LogP contribution in [0.3, 0.4) is 0 Å². The lowest BCUT2D eigenvalue weighted by Crippen LogP contribution is -2.30. The second-order valence-electron chi connectivity index (χ2n) is 6.57. The Balaban J connectivity index is 1.40. The van der Waals surface area contributed by atoms with Gasteiger partial charge in [-0.1, -0.05) is 10.3 Å². The molecular formula is C16H20N4O3. The molecule has 0 spiro atoms. The molecule has 1 atom stereocenters. The van der Waals surface area contributed by atoms with E-state index in [1.54, 1.807) is 0 Å². The van der Waals surface area contributed by atoms with Gasteiger partial charge in [0.05, 0.1) is 18.0 Å². The summed E-state index contributed by atoms with van der Waals surface area (Å²) < 4.78 is 10.5. The minimum absolute atomic E-state index is 0.101. The van der Waals surface area contributed by atoms with Crippen molar-refractivity contribution in [3.05, 3.63) is 28.7 Å². The zero-order valence-electron chi connectivity index (χ0n) is 13.4. The van der Waals surface area contributed by atoms with Crippen LogP contribution in [0.25, 0.3) is 0 Å². The number of nitrogens with zero attached hydrogens (tertiary/aromatic N) is 4. The minimum Gasteiger partial charge on any atom is -0.361 e. The lowest BCUT2D eigenvalue weighted by atomic mass is 10.1. The molecule has 0 N–H and O–H groups in total. The van der Waals surface area contributed by atoms with Gasteiger partial charge in [0.15, 0.2) is 5.82 Å². The summed E-state index contributed by atoms with van der Waals surface area (Å²) in [5.74, 6) is 2.98. The average molecular weight is 316 g/mol. The van der Waals surface area contributed by atoms with Crippen LogP contribution in [0.4, 0.5) is 0 Å². The van der Waals surface area contributed by atoms with Crippen molar-refractivity contribution in [3.8, 4) is 0 Å². The lowest BCUT2D eigenvalue weighted by Gasteiger charge is -2.15. The fourth-order valence-corrected chi connectivity index (χ4v) is 3.13. The Hall–Kier alpha value is -2.18. The molecule has 2 fully saturated rings. The Labute approximate surface area is 134 Å². The molecule has 0 unspecified atom stereocenters. The molecule has 7 nitrogen and oxygen atoms in total. The van der Waals surface area contributed by atoms with Gasteiger partial charge < -0.3 is 13.9 Å². The van der Waals surface area contributed by atoms with Crippen molar-refractivity contribution in [1.82, 2.24) is 20.2 Å². The number of amides is 1. The van der Waals surface area contributed by atoms with E-state index in [2.05, 4.69) is 15.3 Å². The van der Waals surface area contributed by atoms with E-state index < -0.39 is 0 Å². The minimum atomic E-state index is 0.101. The number of carbonyl (C=O) groups is 1. The van der Waals surface area contributed by atoms with E-state index in [1.807, 2.05) is 18.7 Å². The maximum Gasteiger partial charge on any atom is 0.231 e. The number of hydrogen-bond acceptors (Lipinski definition) is 6. The van der Waals surface area contributed by atoms with Crippen molar-refractivity contribution in [1.29, 1.82) is 0 Å². The maximum absolute atomic E-state index is 12.5. The van der Waals surface area contributed by atoms with Crippen LogP contribution in [0.1, 0.15) is 59.8 Å². The zero-order valence-corrected chi connectivity index (χ0v) is 13.4. The highest BCUT2D eigenvalue weighted by Gasteiger charge is 2.34. The summed E-state index contributed by atoms with van der Waals surface area (Å²) >= 11 is 0. The van der Waals surface area contributed by atoms with E-state index in [9.17, 15) is 4.79 Å². The molecule has 2 aliphatic rings. The third-order valence-corrected chi connectivity index (χ3v) is 4.80. The molecule has 1 aliphatic carbocycles. The number of rotatable bonds is 4. The summed E-state index contributed by atoms with van der Waals surface area (Å²) in [5.41, 5.74) is 1.69. The molecule has 7 heteroatoms. The molecule has 23 heavy (non-hydrogen) atoms. The van der Waals surface area contributed by atoms with E-state index in [4.69, 9.17) is 9.05 Å². The van der Waals surface area contributed by atoms with Crippen LogP contribution in [-0.2, 0) is 11.2 Å². The number of aryl methyl sites for hydroxylation is 2. The normalized spacial score (nSPS) is 21.1. The van der Waals surface area contributed by atoms with Crippen LogP contribution in [0.5, 0.6) is 0 Å². The first-order valence-corrected chi connectivity index (χ1v) is 8.15. The van der Waals surface area contributed by atoms with Crippen molar-refractivity contribution >= 4 is 5.91 Å². The molecule has 122 valence electrons. The van der Waals surface area contributed by atoms with Gasteiger partial charge >= 0.3 is 0 Å². The van der Waals surface area contributed by atoms with Crippen molar-refractivity contribution in [2.75, 3.05) is 13.1 Å². The van der Waals surface area contributed by atoms with Crippen LogP contribution in [0.15, 0.2) is 9.05 Å². The first-order valence-electron chi connectivity index (χ1n) is 8.15. The van der Waals surface area contributed by atoms with Gasteiger partial charge in [-0.25, -0.2) is 0 Å². The molecule has 3 heterocycles. The van der Waals surface area contributed by atoms with E-state index >= 15 is 0 Å². The molecule has 2 aromatic heterocycles. The van der Waals surface area contributed by atoms with Crippen molar-refractivity contribution in [3.63, 3.8) is 0 Å². The molecule has 1 saturated heterocycles. The fourth-order valence-electron chi connectivity index (χ4n) is 3.13. The van der Waals surface area contributed by atoms with Gasteiger partial charge in [-0.2, -0.15) is 4.98 Å². The second kappa shape index (κ2) is 5.47. The summed E-state index contributed by atoms with van der Waals surface area (Å²) in [6.07, 6.45) is 3.53. The van der Waals surface area contributed by atoms with E-state index in [1.165, 1.54) is 0 Å². The number of likely N-dealkylation sites (tertiary alicyclic amines) is 1. The zero-order chi connectivity index (χ0) is 16.0. The maximum atomic E-state index is 12.5. The Kier molecular flexibility index (Phi) is 3.43. The molecule has 0 radical (unpaired) electrons. The number of aromatic nitrogens is 3. The summed E-state index contributed by atoms with van der Waals surface area (Å²) in [7, 11) is 0. The SMILES string of the molecule is Cc1noc(C)c1CC(=O)N1CC[C@H](c2nc(C3CC3)no2)C1. The van der Waals surface area contributed by atoms with Gasteiger partial charge in [0.25, 0.3) is 0 Å². The molecular weight excluding hydrogens is 296 g/mol. The summed E-state index contributed by atoms with van der Waals surface area (Å²) in [6, 6.07) is 0. The van der Waals surface area contributed by atoms with Gasteiger partial charge in [-0.05, 0) is 33.1 Å². The van der Waals surface area contributed by atoms with Crippen LogP contribution >= 0.6 is 0 Å². The highest BCUT2D eigenvalue weighted by molar-refractivity contribution is 5.79. The smallest absolute Gasteiger partial charge is 0.231 e. The van der Waals surface area contributed by atoms with Crippen molar-refractivity contribution < 1.29 is 13.8 Å². The quantitative estimate of drug-likeness (QED) is 0.859. The third-order valence-electron chi connectivity index (χ3n) is 4.80. The molecule has 0 aromatic carbocycles. The summed E-state index contributed by atoms with van der Waals surface area (Å²) in [5, 5.41) is 7.97. The predicted molar refractivity (Wildman–Crippen MR) is 79.9 cm³/mol. The Morgan fingerprint density at radius 3 is 2.70 bits per heavy atom. The topological polar surface area (TPSA) is 85.3 Å². The van der Waals surface area contributed by atoms with Crippen LogP contribution < -0.4 is 0 Å². The highest BCUT2D eigenvalue weighted by atomic mass is 16.5. The monoisotopic (exact) mass is 316 g/mol. The predicted octanol–water partition coefficient (Wildman–Crippen LogP) is 2.11. The Morgan fingerprint density at radius 2 is 2.00 bits per heavy atom. The van der Waals surface area contributed by atoms with Crippen LogP contribution in [0.2, 0.25) is 0 Å². The molecule has 1 aliphatic heterocycles. The van der Waals surface area contributed by atoms with E-state index in [0.717, 1.165) is 48.6 Å². The largest absolute Gasteiger partial charge is 0.361 e. The highest BCUT2D eigenvalue weighted by Crippen LogP contribution is 2.39. The molecule has 2 aromatic rings. The molecule has 0 bridgehead atoms. The molecule has 1 amide bonds. The van der Waals surface area contributed by atoms with Gasteiger partial charge in [0, 0.05) is 24.6 Å². The molecule has 1 saturated carbocycles. The van der Waals surface area contributed by atoms with E-state index in [-0.39, 0.29) is 11.8 Å². The van der Waals surface area contributed by atoms with Gasteiger partial charge in [0.1, 0.15) is 5.76 Å². The van der Waals surface area contributed by atoms with Gasteiger partial charge in [-0.15, -0.1) is 0 Å². The molecule has 4 rings (SSSR count). The Bertz CT molecular complexity index is 712. The standard InChI is InChI=1S/C16H20N4O3/c1-9-13(10(2)22-18-9)7-14(21)20-6-5-12(8-20)16-17-15(19-23-16)11-3-4-11/h11-12H,3-8H2,1-2H3/t12-/m0/s1. The van der Waals surface area contributed by atoms with Gasteiger partial charge in [-0.3, -0.25) is 4.79 Å². The summed E-state index contributed by atoms with van der Waals surface area (Å²) in [4.78, 5) is 18.9.